The number of thioether (sulfide) groups is 1. The van der Waals surface area contributed by atoms with Crippen molar-refractivity contribution in [1.29, 1.82) is 0 Å². The Bertz CT molecular complexity index is 1500. The van der Waals surface area contributed by atoms with Crippen molar-refractivity contribution < 1.29 is 9.22 Å². The Hall–Kier alpha value is -3.10. The van der Waals surface area contributed by atoms with Crippen molar-refractivity contribution in [3.05, 3.63) is 87.3 Å². The van der Waals surface area contributed by atoms with Crippen molar-refractivity contribution in [2.45, 2.75) is 64.4 Å². The molecule has 2 heterocycles. The van der Waals surface area contributed by atoms with Gasteiger partial charge in [0.2, 0.25) is 9.04 Å². The average Bonchev–Trinajstić information content (AvgIpc) is 3.25. The van der Waals surface area contributed by atoms with Gasteiger partial charge >= 0.3 is 0 Å². The summed E-state index contributed by atoms with van der Waals surface area (Å²) < 4.78 is 9.87. The maximum atomic E-state index is 13.5. The third-order valence-corrected chi connectivity index (χ3v) is 7.77. The molecule has 0 N–H and O–H groups in total. The van der Waals surface area contributed by atoms with Crippen molar-refractivity contribution >= 4 is 37.6 Å². The predicted molar refractivity (Wildman–Crippen MR) is 155 cm³/mol. The zero-order valence-corrected chi connectivity index (χ0v) is 24.6. The smallest absolute Gasteiger partial charge is 0.263 e. The SMILES string of the molecule is CCn1c(SC)nc2c(ccn2Cc2ccc(C(=O)c3ccc(C(C)(C)C)cc3O[SiH](C)C)cc2)c1=O. The van der Waals surface area contributed by atoms with Crippen LogP contribution in [0.5, 0.6) is 5.75 Å². The summed E-state index contributed by atoms with van der Waals surface area (Å²) in [4.78, 5) is 31.1. The Morgan fingerprint density at radius 3 is 2.38 bits per heavy atom. The molecule has 0 atom stereocenters. The maximum Gasteiger partial charge on any atom is 0.263 e. The van der Waals surface area contributed by atoms with Crippen molar-refractivity contribution in [2.24, 2.45) is 0 Å². The van der Waals surface area contributed by atoms with Crippen LogP contribution in [-0.2, 0) is 18.5 Å². The van der Waals surface area contributed by atoms with Crippen LogP contribution in [0.25, 0.3) is 11.0 Å². The summed E-state index contributed by atoms with van der Waals surface area (Å²) in [5, 5.41) is 1.33. The lowest BCUT2D eigenvalue weighted by atomic mass is 9.86. The second-order valence-corrected chi connectivity index (χ2v) is 13.6. The van der Waals surface area contributed by atoms with Gasteiger partial charge in [-0.1, -0.05) is 62.9 Å². The highest BCUT2D eigenvalue weighted by Crippen LogP contribution is 2.30. The van der Waals surface area contributed by atoms with Crippen LogP contribution in [0, 0.1) is 0 Å². The number of aromatic nitrogens is 3. The lowest BCUT2D eigenvalue weighted by Crippen LogP contribution is -2.22. The number of rotatable bonds is 8. The fourth-order valence-electron chi connectivity index (χ4n) is 4.34. The normalized spacial score (nSPS) is 11.9. The zero-order chi connectivity index (χ0) is 26.9. The standard InChI is InChI=1S/C29H35N3O3SSi/c1-8-32-27(34)23-15-16-31(26(23)30-28(32)36-5)18-19-9-11-20(12-10-19)25(33)22-14-13-21(29(2,3)4)17-24(22)35-37(6)7/h9-17,37H,8,18H2,1-7H3. The molecule has 0 aliphatic rings. The van der Waals surface area contributed by atoms with Crippen molar-refractivity contribution in [2.75, 3.05) is 6.26 Å². The van der Waals surface area contributed by atoms with E-state index >= 15 is 0 Å². The molecule has 0 unspecified atom stereocenters. The summed E-state index contributed by atoms with van der Waals surface area (Å²) in [6.45, 7) is 13.8. The van der Waals surface area contributed by atoms with E-state index < -0.39 is 9.04 Å². The lowest BCUT2D eigenvalue weighted by molar-refractivity contribution is 0.103. The van der Waals surface area contributed by atoms with Gasteiger partial charge in [-0.3, -0.25) is 14.2 Å². The molecular formula is C29H35N3O3SSi. The topological polar surface area (TPSA) is 66.1 Å². The van der Waals surface area contributed by atoms with Gasteiger partial charge in [-0.15, -0.1) is 0 Å². The van der Waals surface area contributed by atoms with Crippen LogP contribution in [0.4, 0.5) is 0 Å². The molecule has 4 aromatic rings. The number of nitrogens with zero attached hydrogens (tertiary/aromatic N) is 3. The molecule has 4 rings (SSSR count). The highest BCUT2D eigenvalue weighted by Gasteiger charge is 2.21. The summed E-state index contributed by atoms with van der Waals surface area (Å²) in [6.07, 6.45) is 3.83. The summed E-state index contributed by atoms with van der Waals surface area (Å²) >= 11 is 1.47. The monoisotopic (exact) mass is 533 g/mol. The largest absolute Gasteiger partial charge is 0.546 e. The van der Waals surface area contributed by atoms with E-state index in [-0.39, 0.29) is 16.8 Å². The van der Waals surface area contributed by atoms with E-state index in [1.54, 1.807) is 4.57 Å². The molecule has 2 aromatic heterocycles. The Kier molecular flexibility index (Phi) is 7.80. The molecule has 0 amide bonds. The Balaban J connectivity index is 1.62. The minimum atomic E-state index is -1.40. The number of benzene rings is 2. The first-order valence-electron chi connectivity index (χ1n) is 12.6. The molecule has 37 heavy (non-hydrogen) atoms. The first-order valence-corrected chi connectivity index (χ1v) is 16.6. The van der Waals surface area contributed by atoms with Gasteiger partial charge in [-0.2, -0.15) is 0 Å². The van der Waals surface area contributed by atoms with Gasteiger partial charge in [-0.25, -0.2) is 4.98 Å². The van der Waals surface area contributed by atoms with E-state index in [0.29, 0.717) is 46.2 Å². The van der Waals surface area contributed by atoms with E-state index in [0.717, 1.165) is 11.1 Å². The molecular weight excluding hydrogens is 498 g/mol. The van der Waals surface area contributed by atoms with Gasteiger partial charge in [0.05, 0.1) is 10.9 Å². The third-order valence-electron chi connectivity index (χ3n) is 6.36. The molecule has 0 radical (unpaired) electrons. The average molecular weight is 534 g/mol. The summed E-state index contributed by atoms with van der Waals surface area (Å²) in [7, 11) is -1.40. The molecule has 0 spiro atoms. The highest BCUT2D eigenvalue weighted by molar-refractivity contribution is 7.98. The van der Waals surface area contributed by atoms with Crippen molar-refractivity contribution in [3.63, 3.8) is 0 Å². The van der Waals surface area contributed by atoms with E-state index in [2.05, 4.69) is 33.9 Å². The third kappa shape index (κ3) is 5.60. The molecule has 0 saturated carbocycles. The van der Waals surface area contributed by atoms with Crippen LogP contribution in [0.1, 0.15) is 54.7 Å². The van der Waals surface area contributed by atoms with Gasteiger partial charge in [0.25, 0.3) is 5.56 Å². The van der Waals surface area contributed by atoms with Crippen LogP contribution in [-0.4, -0.2) is 35.2 Å². The minimum absolute atomic E-state index is 0.0171. The van der Waals surface area contributed by atoms with Gasteiger partial charge in [-0.05, 0) is 61.0 Å². The number of fused-ring (bicyclic) bond motifs is 1. The molecule has 0 fully saturated rings. The van der Waals surface area contributed by atoms with Gasteiger partial charge in [0, 0.05) is 24.8 Å². The molecule has 0 aliphatic heterocycles. The molecule has 2 aromatic carbocycles. The maximum absolute atomic E-state index is 13.5. The summed E-state index contributed by atoms with van der Waals surface area (Å²) in [5.41, 5.74) is 4.02. The molecule has 0 aliphatic carbocycles. The number of carbonyl (C=O) groups excluding carboxylic acids is 1. The van der Waals surface area contributed by atoms with Crippen molar-refractivity contribution in [1.82, 2.24) is 14.1 Å². The molecule has 0 saturated heterocycles. The van der Waals surface area contributed by atoms with Crippen LogP contribution < -0.4 is 9.99 Å². The van der Waals surface area contributed by atoms with E-state index in [9.17, 15) is 9.59 Å². The Morgan fingerprint density at radius 2 is 1.78 bits per heavy atom. The van der Waals surface area contributed by atoms with Gasteiger partial charge < -0.3 is 8.99 Å². The molecule has 194 valence electrons. The Labute approximate surface area is 224 Å². The number of carbonyl (C=O) groups is 1. The fourth-order valence-corrected chi connectivity index (χ4v) is 5.66. The fraction of sp³-hybridized carbons (Fsp3) is 0.345. The molecule has 6 nitrogen and oxygen atoms in total. The van der Waals surface area contributed by atoms with Gasteiger partial charge in [0.15, 0.2) is 10.9 Å². The minimum Gasteiger partial charge on any atom is -0.546 e. The van der Waals surface area contributed by atoms with Gasteiger partial charge in [0.1, 0.15) is 11.4 Å². The number of ketones is 1. The second-order valence-electron chi connectivity index (χ2n) is 10.5. The Morgan fingerprint density at radius 1 is 1.08 bits per heavy atom. The van der Waals surface area contributed by atoms with Crippen LogP contribution in [0.3, 0.4) is 0 Å². The van der Waals surface area contributed by atoms with Crippen molar-refractivity contribution in [3.8, 4) is 5.75 Å². The lowest BCUT2D eigenvalue weighted by Gasteiger charge is -2.22. The van der Waals surface area contributed by atoms with E-state index in [1.165, 1.54) is 11.8 Å². The zero-order valence-electron chi connectivity index (χ0n) is 22.7. The molecule has 0 bridgehead atoms. The van der Waals surface area contributed by atoms with E-state index in [4.69, 9.17) is 9.41 Å². The number of hydrogen-bond acceptors (Lipinski definition) is 5. The predicted octanol–water partition coefficient (Wildman–Crippen LogP) is 5.88. The highest BCUT2D eigenvalue weighted by atomic mass is 32.2. The first-order chi connectivity index (χ1) is 17.5. The molecule has 8 heteroatoms. The number of hydrogen-bond donors (Lipinski definition) is 0. The van der Waals surface area contributed by atoms with E-state index in [1.807, 2.05) is 72.5 Å². The quantitative estimate of drug-likeness (QED) is 0.122. The van der Waals surface area contributed by atoms with Crippen LogP contribution in [0.15, 0.2) is 64.7 Å². The summed E-state index contributed by atoms with van der Waals surface area (Å²) in [6, 6.07) is 15.4. The first kappa shape index (κ1) is 26.9. The van der Waals surface area contributed by atoms with Crippen LogP contribution >= 0.6 is 11.8 Å². The summed E-state index contributed by atoms with van der Waals surface area (Å²) in [5.74, 6) is 0.629. The second kappa shape index (κ2) is 10.7. The van der Waals surface area contributed by atoms with Crippen LogP contribution in [0.2, 0.25) is 13.1 Å².